The Balaban J connectivity index is 2.90. The summed E-state index contributed by atoms with van der Waals surface area (Å²) in [6.07, 6.45) is 0. The Labute approximate surface area is 85.4 Å². The zero-order valence-corrected chi connectivity index (χ0v) is 8.89. The summed E-state index contributed by atoms with van der Waals surface area (Å²) in [7, 11) is 0. The summed E-state index contributed by atoms with van der Waals surface area (Å²) in [5.41, 5.74) is 2.31. The molecule has 2 heteroatoms. The molecule has 58 valence electrons. The molecule has 0 nitrogen and oxygen atoms in total. The van der Waals surface area contributed by atoms with Crippen LogP contribution in [0.2, 0.25) is 5.02 Å². The van der Waals surface area contributed by atoms with Gasteiger partial charge in [0.1, 0.15) is 0 Å². The molecule has 0 unspecified atom stereocenters. The molecule has 0 aliphatic heterocycles. The first-order chi connectivity index (χ1) is 5.24. The van der Waals surface area contributed by atoms with Gasteiger partial charge in [0.05, 0.1) is 0 Å². The molecular weight excluding hydrogens is 270 g/mol. The molecular formula is C9H8ClI. The number of hydrogen-bond acceptors (Lipinski definition) is 0. The van der Waals surface area contributed by atoms with Gasteiger partial charge in [-0.15, -0.1) is 0 Å². The minimum Gasteiger partial charge on any atom is -0.0945 e. The van der Waals surface area contributed by atoms with E-state index in [0.717, 1.165) is 15.0 Å². The van der Waals surface area contributed by atoms with Crippen LogP contribution in [-0.2, 0) is 0 Å². The van der Waals surface area contributed by atoms with Crippen molar-refractivity contribution in [2.75, 3.05) is 4.43 Å². The van der Waals surface area contributed by atoms with Crippen LogP contribution in [0, 0.1) is 0 Å². The highest BCUT2D eigenvalue weighted by atomic mass is 127. The molecule has 0 radical (unpaired) electrons. The van der Waals surface area contributed by atoms with Crippen LogP contribution < -0.4 is 0 Å². The van der Waals surface area contributed by atoms with Crippen molar-refractivity contribution in [3.8, 4) is 0 Å². The van der Waals surface area contributed by atoms with Crippen LogP contribution in [0.25, 0.3) is 5.57 Å². The fourth-order valence-corrected chi connectivity index (χ4v) is 1.33. The van der Waals surface area contributed by atoms with Crippen molar-refractivity contribution in [1.29, 1.82) is 0 Å². The van der Waals surface area contributed by atoms with Crippen molar-refractivity contribution in [3.63, 3.8) is 0 Å². The van der Waals surface area contributed by atoms with Crippen LogP contribution in [0.1, 0.15) is 5.56 Å². The van der Waals surface area contributed by atoms with Crippen molar-refractivity contribution in [2.45, 2.75) is 0 Å². The van der Waals surface area contributed by atoms with E-state index in [2.05, 4.69) is 29.2 Å². The van der Waals surface area contributed by atoms with E-state index in [9.17, 15) is 0 Å². The van der Waals surface area contributed by atoms with Crippen LogP contribution in [0.15, 0.2) is 30.8 Å². The fraction of sp³-hybridized carbons (Fsp3) is 0.111. The summed E-state index contributed by atoms with van der Waals surface area (Å²) in [4.78, 5) is 0. The Morgan fingerprint density at radius 2 is 1.91 bits per heavy atom. The van der Waals surface area contributed by atoms with E-state index in [1.807, 2.05) is 24.3 Å². The van der Waals surface area contributed by atoms with E-state index >= 15 is 0 Å². The Kier molecular flexibility index (Phi) is 3.40. The highest BCUT2D eigenvalue weighted by Gasteiger charge is 1.95. The van der Waals surface area contributed by atoms with Gasteiger partial charge in [-0.1, -0.05) is 52.9 Å². The topological polar surface area (TPSA) is 0 Å². The molecule has 0 N–H and O–H groups in total. The van der Waals surface area contributed by atoms with Crippen molar-refractivity contribution < 1.29 is 0 Å². The number of allylic oxidation sites excluding steroid dienone is 1. The van der Waals surface area contributed by atoms with E-state index in [-0.39, 0.29) is 0 Å². The lowest BCUT2D eigenvalue weighted by Gasteiger charge is -2.00. The molecule has 1 aromatic rings. The summed E-state index contributed by atoms with van der Waals surface area (Å²) in [6, 6.07) is 7.75. The van der Waals surface area contributed by atoms with Gasteiger partial charge < -0.3 is 0 Å². The highest BCUT2D eigenvalue weighted by molar-refractivity contribution is 14.1. The molecule has 0 aliphatic rings. The van der Waals surface area contributed by atoms with Crippen molar-refractivity contribution in [3.05, 3.63) is 41.4 Å². The average Bonchev–Trinajstić information content (AvgIpc) is 2.05. The number of halogens is 2. The molecule has 0 saturated carbocycles. The fourth-order valence-electron chi connectivity index (χ4n) is 0.763. The molecule has 11 heavy (non-hydrogen) atoms. The van der Waals surface area contributed by atoms with Crippen molar-refractivity contribution >= 4 is 39.8 Å². The zero-order chi connectivity index (χ0) is 8.27. The van der Waals surface area contributed by atoms with E-state index in [4.69, 9.17) is 11.6 Å². The Bertz CT molecular complexity index is 251. The highest BCUT2D eigenvalue weighted by Crippen LogP contribution is 2.17. The third kappa shape index (κ3) is 2.49. The van der Waals surface area contributed by atoms with Crippen LogP contribution in [0.4, 0.5) is 0 Å². The normalized spacial score (nSPS) is 9.64. The zero-order valence-electron chi connectivity index (χ0n) is 5.98. The van der Waals surface area contributed by atoms with Gasteiger partial charge in [0.25, 0.3) is 0 Å². The van der Waals surface area contributed by atoms with Crippen molar-refractivity contribution in [1.82, 2.24) is 0 Å². The summed E-state index contributed by atoms with van der Waals surface area (Å²) in [5, 5.41) is 0.773. The third-order valence-corrected chi connectivity index (χ3v) is 2.59. The van der Waals surface area contributed by atoms with Gasteiger partial charge in [-0.05, 0) is 23.3 Å². The number of hydrogen-bond donors (Lipinski definition) is 0. The van der Waals surface area contributed by atoms with Crippen LogP contribution >= 0.6 is 34.2 Å². The number of rotatable bonds is 2. The maximum absolute atomic E-state index is 5.73. The van der Waals surface area contributed by atoms with Gasteiger partial charge in [0, 0.05) is 9.45 Å². The first-order valence-corrected chi connectivity index (χ1v) is 5.14. The molecule has 0 aromatic heterocycles. The summed E-state index contributed by atoms with van der Waals surface area (Å²) in [5.74, 6) is 0. The molecule has 0 aliphatic carbocycles. The molecule has 0 spiro atoms. The van der Waals surface area contributed by atoms with Crippen LogP contribution in [0.3, 0.4) is 0 Å². The van der Waals surface area contributed by atoms with Gasteiger partial charge in [-0.3, -0.25) is 0 Å². The number of benzene rings is 1. The molecule has 0 heterocycles. The van der Waals surface area contributed by atoms with Gasteiger partial charge in [-0.2, -0.15) is 0 Å². The predicted octanol–water partition coefficient (Wildman–Crippen LogP) is 3.79. The largest absolute Gasteiger partial charge is 0.0945 e. The Hall–Kier alpha value is -0.0200. The monoisotopic (exact) mass is 278 g/mol. The first kappa shape index (κ1) is 9.07. The first-order valence-electron chi connectivity index (χ1n) is 3.23. The minimum atomic E-state index is 0.773. The smallest absolute Gasteiger partial charge is 0.0406 e. The van der Waals surface area contributed by atoms with Gasteiger partial charge in [0.2, 0.25) is 0 Å². The molecule has 0 bridgehead atoms. The standard InChI is InChI=1S/C9H8ClI/c1-7(6-11)8-2-4-9(10)5-3-8/h2-5H,1,6H2. The average molecular weight is 279 g/mol. The van der Waals surface area contributed by atoms with E-state index in [1.165, 1.54) is 5.56 Å². The summed E-state index contributed by atoms with van der Waals surface area (Å²) < 4.78 is 0.958. The van der Waals surface area contributed by atoms with Gasteiger partial charge >= 0.3 is 0 Å². The second-order valence-corrected chi connectivity index (χ2v) is 3.44. The molecule has 1 aromatic carbocycles. The van der Waals surface area contributed by atoms with Crippen LogP contribution in [0.5, 0.6) is 0 Å². The van der Waals surface area contributed by atoms with E-state index < -0.39 is 0 Å². The van der Waals surface area contributed by atoms with Gasteiger partial charge in [-0.25, -0.2) is 0 Å². The van der Waals surface area contributed by atoms with Crippen molar-refractivity contribution in [2.24, 2.45) is 0 Å². The van der Waals surface area contributed by atoms with Crippen LogP contribution in [-0.4, -0.2) is 4.43 Å². The maximum atomic E-state index is 5.73. The molecule has 1 rings (SSSR count). The molecule has 0 amide bonds. The van der Waals surface area contributed by atoms with E-state index in [1.54, 1.807) is 0 Å². The lowest BCUT2D eigenvalue weighted by molar-refractivity contribution is 1.60. The Morgan fingerprint density at radius 1 is 1.36 bits per heavy atom. The Morgan fingerprint density at radius 3 is 2.36 bits per heavy atom. The second-order valence-electron chi connectivity index (χ2n) is 2.24. The quantitative estimate of drug-likeness (QED) is 0.570. The second kappa shape index (κ2) is 4.12. The lowest BCUT2D eigenvalue weighted by atomic mass is 10.1. The summed E-state index contributed by atoms with van der Waals surface area (Å²) >= 11 is 8.02. The summed E-state index contributed by atoms with van der Waals surface area (Å²) in [6.45, 7) is 3.92. The maximum Gasteiger partial charge on any atom is 0.0406 e. The van der Waals surface area contributed by atoms with E-state index in [0.29, 0.717) is 0 Å². The SMILES string of the molecule is C=C(CI)c1ccc(Cl)cc1. The molecule has 0 atom stereocenters. The predicted molar refractivity (Wildman–Crippen MR) is 59.4 cm³/mol. The third-order valence-electron chi connectivity index (χ3n) is 1.41. The van der Waals surface area contributed by atoms with Gasteiger partial charge in [0.15, 0.2) is 0 Å². The minimum absolute atomic E-state index is 0.773. The number of alkyl halides is 1. The lowest BCUT2D eigenvalue weighted by Crippen LogP contribution is -1.81. The molecule has 0 saturated heterocycles. The molecule has 0 fully saturated rings.